The number of benzene rings is 1. The normalized spacial score (nSPS) is 11.5. The first kappa shape index (κ1) is 19.3. The molecule has 0 saturated carbocycles. The van der Waals surface area contributed by atoms with Gasteiger partial charge in [0.15, 0.2) is 0 Å². The summed E-state index contributed by atoms with van der Waals surface area (Å²) in [5.74, 6) is 1.99. The van der Waals surface area contributed by atoms with Crippen LogP contribution in [0.2, 0.25) is 5.02 Å². The summed E-state index contributed by atoms with van der Waals surface area (Å²) in [6.07, 6.45) is 3.79. The zero-order chi connectivity index (χ0) is 19.4. The van der Waals surface area contributed by atoms with E-state index >= 15 is 0 Å². The molecule has 2 N–H and O–H groups in total. The average Bonchev–Trinajstić information content (AvgIpc) is 3.15. The average molecular weight is 406 g/mol. The molecular weight excluding hydrogens is 386 g/mol. The SMILES string of the molecule is Cc1nc(NCCNS(=O)(=O)c2cccc(Cl)c2C)cc(-n2cccc2)n1. The molecular formula is C18H20ClN5O2S. The summed E-state index contributed by atoms with van der Waals surface area (Å²) in [7, 11) is -3.63. The van der Waals surface area contributed by atoms with Gasteiger partial charge in [0, 0.05) is 36.6 Å². The third-order valence-corrected chi connectivity index (χ3v) is 5.94. The van der Waals surface area contributed by atoms with Crippen LogP contribution in [0.4, 0.5) is 5.82 Å². The van der Waals surface area contributed by atoms with E-state index in [0.717, 1.165) is 5.82 Å². The summed E-state index contributed by atoms with van der Waals surface area (Å²) in [4.78, 5) is 8.90. The van der Waals surface area contributed by atoms with Gasteiger partial charge < -0.3 is 9.88 Å². The smallest absolute Gasteiger partial charge is 0.240 e. The first-order valence-electron chi connectivity index (χ1n) is 8.34. The van der Waals surface area contributed by atoms with E-state index in [2.05, 4.69) is 20.0 Å². The van der Waals surface area contributed by atoms with Crippen LogP contribution in [0, 0.1) is 13.8 Å². The number of aromatic nitrogens is 3. The molecule has 7 nitrogen and oxygen atoms in total. The van der Waals surface area contributed by atoms with Crippen molar-refractivity contribution in [2.45, 2.75) is 18.7 Å². The van der Waals surface area contributed by atoms with Crippen LogP contribution in [0.25, 0.3) is 5.82 Å². The molecule has 2 heterocycles. The monoisotopic (exact) mass is 405 g/mol. The second-order valence-electron chi connectivity index (χ2n) is 5.94. The van der Waals surface area contributed by atoms with Gasteiger partial charge in [-0.25, -0.2) is 23.1 Å². The van der Waals surface area contributed by atoms with Gasteiger partial charge in [-0.05, 0) is 43.7 Å². The number of hydrogen-bond acceptors (Lipinski definition) is 5. The maximum absolute atomic E-state index is 12.5. The molecule has 0 unspecified atom stereocenters. The predicted octanol–water partition coefficient (Wildman–Crippen LogP) is 2.93. The fourth-order valence-corrected chi connectivity index (χ4v) is 4.12. The molecule has 0 fully saturated rings. The number of nitrogens with zero attached hydrogens (tertiary/aromatic N) is 3. The van der Waals surface area contributed by atoms with Crippen LogP contribution >= 0.6 is 11.6 Å². The molecule has 1 aromatic carbocycles. The Morgan fingerprint density at radius 2 is 1.81 bits per heavy atom. The summed E-state index contributed by atoms with van der Waals surface area (Å²) in [5, 5.41) is 3.54. The Morgan fingerprint density at radius 3 is 2.56 bits per heavy atom. The van der Waals surface area contributed by atoms with E-state index in [4.69, 9.17) is 11.6 Å². The van der Waals surface area contributed by atoms with Gasteiger partial charge in [-0.3, -0.25) is 0 Å². The summed E-state index contributed by atoms with van der Waals surface area (Å²) >= 11 is 6.01. The molecule has 2 aromatic heterocycles. The second-order valence-corrected chi connectivity index (χ2v) is 8.08. The first-order valence-corrected chi connectivity index (χ1v) is 10.2. The molecule has 0 radical (unpaired) electrons. The van der Waals surface area contributed by atoms with Crippen LogP contribution < -0.4 is 10.0 Å². The van der Waals surface area contributed by atoms with Crippen molar-refractivity contribution < 1.29 is 8.42 Å². The molecule has 0 aliphatic heterocycles. The summed E-state index contributed by atoms with van der Waals surface area (Å²) in [6.45, 7) is 4.07. The van der Waals surface area contributed by atoms with E-state index in [9.17, 15) is 8.42 Å². The third kappa shape index (κ3) is 4.65. The maximum atomic E-state index is 12.5. The Balaban J connectivity index is 1.63. The van der Waals surface area contributed by atoms with E-state index in [-0.39, 0.29) is 11.4 Å². The van der Waals surface area contributed by atoms with Gasteiger partial charge in [-0.15, -0.1) is 0 Å². The van der Waals surface area contributed by atoms with Crippen molar-refractivity contribution in [2.75, 3.05) is 18.4 Å². The summed E-state index contributed by atoms with van der Waals surface area (Å²) in [5.41, 5.74) is 0.530. The van der Waals surface area contributed by atoms with Gasteiger partial charge >= 0.3 is 0 Å². The molecule has 0 aliphatic rings. The van der Waals surface area contributed by atoms with Crippen molar-refractivity contribution in [3.05, 3.63) is 65.2 Å². The highest BCUT2D eigenvalue weighted by atomic mass is 35.5. The number of hydrogen-bond donors (Lipinski definition) is 2. The zero-order valence-corrected chi connectivity index (χ0v) is 16.5. The molecule has 0 saturated heterocycles. The molecule has 3 rings (SSSR count). The van der Waals surface area contributed by atoms with Crippen molar-refractivity contribution in [3.8, 4) is 5.82 Å². The minimum atomic E-state index is -3.63. The molecule has 9 heteroatoms. The molecule has 142 valence electrons. The molecule has 3 aromatic rings. The maximum Gasteiger partial charge on any atom is 0.240 e. The van der Waals surface area contributed by atoms with Gasteiger partial charge in [0.05, 0.1) is 4.90 Å². The minimum Gasteiger partial charge on any atom is -0.369 e. The standard InChI is InChI=1S/C18H20ClN5O2S/c1-13-15(19)6-5-7-16(13)27(25,26)21-9-8-20-17-12-18(23-14(2)22-17)24-10-3-4-11-24/h3-7,10-12,21H,8-9H2,1-2H3,(H,20,22,23). The fourth-order valence-electron chi connectivity index (χ4n) is 2.59. The summed E-state index contributed by atoms with van der Waals surface area (Å²) < 4.78 is 29.4. The molecule has 0 aliphatic carbocycles. The molecule has 27 heavy (non-hydrogen) atoms. The number of aryl methyl sites for hydroxylation is 1. The van der Waals surface area contributed by atoms with Gasteiger partial charge in [0.25, 0.3) is 0 Å². The number of rotatable bonds is 7. The first-order chi connectivity index (χ1) is 12.9. The zero-order valence-electron chi connectivity index (χ0n) is 15.0. The Labute approximate surface area is 163 Å². The minimum absolute atomic E-state index is 0.183. The van der Waals surface area contributed by atoms with Gasteiger partial charge in [-0.2, -0.15) is 0 Å². The van der Waals surface area contributed by atoms with Crippen LogP contribution in [-0.4, -0.2) is 36.0 Å². The molecule has 0 amide bonds. The van der Waals surface area contributed by atoms with Crippen LogP contribution in [0.1, 0.15) is 11.4 Å². The Kier molecular flexibility index (Phi) is 5.79. The quantitative estimate of drug-likeness (QED) is 0.590. The second kappa shape index (κ2) is 8.08. The lowest BCUT2D eigenvalue weighted by Crippen LogP contribution is -2.29. The number of sulfonamides is 1. The van der Waals surface area contributed by atoms with Crippen molar-refractivity contribution in [1.82, 2.24) is 19.3 Å². The van der Waals surface area contributed by atoms with E-state index < -0.39 is 10.0 Å². The number of nitrogens with one attached hydrogen (secondary N) is 2. The van der Waals surface area contributed by atoms with Crippen molar-refractivity contribution >= 4 is 27.4 Å². The topological polar surface area (TPSA) is 88.9 Å². The van der Waals surface area contributed by atoms with Gasteiger partial charge in [0.1, 0.15) is 17.5 Å². The van der Waals surface area contributed by atoms with Crippen LogP contribution in [0.5, 0.6) is 0 Å². The number of halogens is 1. The van der Waals surface area contributed by atoms with Crippen molar-refractivity contribution in [2.24, 2.45) is 0 Å². The number of anilines is 1. The van der Waals surface area contributed by atoms with Crippen LogP contribution in [0.3, 0.4) is 0 Å². The van der Waals surface area contributed by atoms with E-state index in [1.165, 1.54) is 6.07 Å². The van der Waals surface area contributed by atoms with Gasteiger partial charge in [0.2, 0.25) is 10.0 Å². The lowest BCUT2D eigenvalue weighted by Gasteiger charge is -2.12. The van der Waals surface area contributed by atoms with E-state index in [1.807, 2.05) is 42.1 Å². The molecule has 0 spiro atoms. The highest BCUT2D eigenvalue weighted by Crippen LogP contribution is 2.22. The lowest BCUT2D eigenvalue weighted by atomic mass is 10.2. The molecule has 0 bridgehead atoms. The third-order valence-electron chi connectivity index (χ3n) is 3.92. The highest BCUT2D eigenvalue weighted by molar-refractivity contribution is 7.89. The van der Waals surface area contributed by atoms with Crippen LogP contribution in [-0.2, 0) is 10.0 Å². The fraction of sp³-hybridized carbons (Fsp3) is 0.222. The van der Waals surface area contributed by atoms with Gasteiger partial charge in [-0.1, -0.05) is 17.7 Å². The Morgan fingerprint density at radius 1 is 1.07 bits per heavy atom. The van der Waals surface area contributed by atoms with Crippen molar-refractivity contribution in [1.29, 1.82) is 0 Å². The summed E-state index contributed by atoms with van der Waals surface area (Å²) in [6, 6.07) is 10.5. The highest BCUT2D eigenvalue weighted by Gasteiger charge is 2.17. The van der Waals surface area contributed by atoms with E-state index in [0.29, 0.717) is 28.8 Å². The van der Waals surface area contributed by atoms with Crippen molar-refractivity contribution in [3.63, 3.8) is 0 Å². The largest absolute Gasteiger partial charge is 0.369 e. The Bertz CT molecular complexity index is 1040. The van der Waals surface area contributed by atoms with E-state index in [1.54, 1.807) is 19.1 Å². The lowest BCUT2D eigenvalue weighted by molar-refractivity contribution is 0.582. The predicted molar refractivity (Wildman–Crippen MR) is 106 cm³/mol. The van der Waals surface area contributed by atoms with Crippen LogP contribution in [0.15, 0.2) is 53.7 Å². The Hall–Kier alpha value is -2.42. The molecule has 0 atom stereocenters.